The number of benzene rings is 1. The number of halogens is 1. The van der Waals surface area contributed by atoms with Gasteiger partial charge in [0.15, 0.2) is 0 Å². The molecule has 1 aromatic carbocycles. The van der Waals surface area contributed by atoms with Crippen molar-refractivity contribution >= 4 is 32.7 Å². The van der Waals surface area contributed by atoms with Crippen LogP contribution in [0.1, 0.15) is 18.7 Å². The second-order valence-electron chi connectivity index (χ2n) is 4.35. The first-order chi connectivity index (χ1) is 9.35. The smallest absolute Gasteiger partial charge is 0.229 e. The predicted octanol–water partition coefficient (Wildman–Crippen LogP) is 2.83. The number of sulfonamides is 1. The molecule has 0 radical (unpaired) electrons. The first kappa shape index (κ1) is 14.7. The summed E-state index contributed by atoms with van der Waals surface area (Å²) in [6.45, 7) is 1.92. The van der Waals surface area contributed by atoms with E-state index in [1.54, 1.807) is 11.6 Å². The third kappa shape index (κ3) is 3.91. The highest BCUT2D eigenvalue weighted by molar-refractivity contribution is 7.92. The molecule has 0 saturated carbocycles. The Morgan fingerprint density at radius 2 is 2.15 bits per heavy atom. The molecule has 2 N–H and O–H groups in total. The Morgan fingerprint density at radius 3 is 2.75 bits per heavy atom. The number of rotatable bonds is 5. The van der Waals surface area contributed by atoms with Gasteiger partial charge in [-0.1, -0.05) is 0 Å². The molecule has 0 aliphatic carbocycles. The van der Waals surface area contributed by atoms with Gasteiger partial charge in [-0.05, 0) is 25.1 Å². The molecule has 1 unspecified atom stereocenters. The van der Waals surface area contributed by atoms with Crippen molar-refractivity contribution in [1.29, 1.82) is 0 Å². The zero-order chi connectivity index (χ0) is 14.8. The van der Waals surface area contributed by atoms with Crippen LogP contribution in [-0.4, -0.2) is 19.7 Å². The van der Waals surface area contributed by atoms with E-state index in [1.165, 1.54) is 23.5 Å². The predicted molar refractivity (Wildman–Crippen MR) is 79.0 cm³/mol. The summed E-state index contributed by atoms with van der Waals surface area (Å²) >= 11 is 1.49. The number of thiazole rings is 1. The van der Waals surface area contributed by atoms with Crippen LogP contribution < -0.4 is 10.0 Å². The molecule has 1 heterocycles. The average Bonchev–Trinajstić information content (AvgIpc) is 2.85. The summed E-state index contributed by atoms with van der Waals surface area (Å²) < 4.78 is 38.0. The minimum Gasteiger partial charge on any atom is -0.377 e. The van der Waals surface area contributed by atoms with E-state index in [2.05, 4.69) is 15.0 Å². The molecule has 5 nitrogen and oxygen atoms in total. The Bertz CT molecular complexity index is 687. The summed E-state index contributed by atoms with van der Waals surface area (Å²) in [4.78, 5) is 4.18. The van der Waals surface area contributed by atoms with Crippen LogP contribution in [0.3, 0.4) is 0 Å². The fourth-order valence-corrected chi connectivity index (χ4v) is 2.86. The Morgan fingerprint density at radius 1 is 1.40 bits per heavy atom. The van der Waals surface area contributed by atoms with Crippen LogP contribution in [-0.2, 0) is 10.0 Å². The van der Waals surface area contributed by atoms with E-state index < -0.39 is 15.8 Å². The second-order valence-corrected chi connectivity index (χ2v) is 6.82. The molecule has 8 heteroatoms. The summed E-state index contributed by atoms with van der Waals surface area (Å²) in [6.07, 6.45) is 0.977. The van der Waals surface area contributed by atoms with Crippen molar-refractivity contribution in [2.75, 3.05) is 16.3 Å². The van der Waals surface area contributed by atoms with Gasteiger partial charge in [-0.15, -0.1) is 11.3 Å². The fourth-order valence-electron chi connectivity index (χ4n) is 1.65. The molecule has 0 aliphatic rings. The molecule has 0 fully saturated rings. The Kier molecular flexibility index (Phi) is 4.24. The molecule has 20 heavy (non-hydrogen) atoms. The van der Waals surface area contributed by atoms with Crippen LogP contribution in [0.25, 0.3) is 0 Å². The quantitative estimate of drug-likeness (QED) is 0.890. The van der Waals surface area contributed by atoms with E-state index in [0.717, 1.165) is 11.9 Å². The van der Waals surface area contributed by atoms with Crippen LogP contribution in [0.5, 0.6) is 0 Å². The molecular formula is C12H14FN3O2S2. The van der Waals surface area contributed by atoms with E-state index in [9.17, 15) is 12.8 Å². The number of hydrogen-bond acceptors (Lipinski definition) is 5. The molecule has 0 spiro atoms. The van der Waals surface area contributed by atoms with Crippen LogP contribution >= 0.6 is 11.3 Å². The van der Waals surface area contributed by atoms with Crippen molar-refractivity contribution in [3.63, 3.8) is 0 Å². The zero-order valence-electron chi connectivity index (χ0n) is 10.9. The lowest BCUT2D eigenvalue weighted by Crippen LogP contribution is -2.12. The van der Waals surface area contributed by atoms with Crippen molar-refractivity contribution in [2.45, 2.75) is 13.0 Å². The summed E-state index contributed by atoms with van der Waals surface area (Å²) in [5.41, 5.74) is 3.13. The van der Waals surface area contributed by atoms with E-state index in [4.69, 9.17) is 0 Å². The van der Waals surface area contributed by atoms with Crippen molar-refractivity contribution in [2.24, 2.45) is 0 Å². The molecule has 2 rings (SSSR count). The van der Waals surface area contributed by atoms with Crippen molar-refractivity contribution < 1.29 is 12.8 Å². The van der Waals surface area contributed by atoms with Gasteiger partial charge in [-0.3, -0.25) is 4.72 Å². The maximum absolute atomic E-state index is 13.5. The number of aromatic nitrogens is 1. The molecule has 108 valence electrons. The largest absolute Gasteiger partial charge is 0.377 e. The van der Waals surface area contributed by atoms with Gasteiger partial charge in [0.2, 0.25) is 10.0 Å². The van der Waals surface area contributed by atoms with Crippen LogP contribution in [0.15, 0.2) is 29.1 Å². The Hall–Kier alpha value is -1.67. The van der Waals surface area contributed by atoms with Gasteiger partial charge < -0.3 is 5.32 Å². The first-order valence-electron chi connectivity index (χ1n) is 5.77. The average molecular weight is 315 g/mol. The number of anilines is 2. The lowest BCUT2D eigenvalue weighted by molar-refractivity contribution is 0.603. The van der Waals surface area contributed by atoms with Crippen LogP contribution in [0.4, 0.5) is 15.8 Å². The van der Waals surface area contributed by atoms with Gasteiger partial charge in [0.05, 0.1) is 29.2 Å². The SMILES string of the molecule is CC(Nc1ccc(F)c(NS(C)(=O)=O)c1)c1cscn1. The molecule has 1 aromatic heterocycles. The van der Waals surface area contributed by atoms with Gasteiger partial charge in [-0.25, -0.2) is 17.8 Å². The molecule has 0 bridgehead atoms. The molecule has 2 aromatic rings. The Balaban J connectivity index is 2.19. The van der Waals surface area contributed by atoms with Gasteiger partial charge >= 0.3 is 0 Å². The Labute approximate surface area is 120 Å². The fraction of sp³-hybridized carbons (Fsp3) is 0.250. The highest BCUT2D eigenvalue weighted by Gasteiger charge is 2.11. The minimum atomic E-state index is -3.52. The maximum Gasteiger partial charge on any atom is 0.229 e. The summed E-state index contributed by atoms with van der Waals surface area (Å²) in [7, 11) is -3.52. The number of hydrogen-bond donors (Lipinski definition) is 2. The van der Waals surface area contributed by atoms with Crippen molar-refractivity contribution in [3.8, 4) is 0 Å². The van der Waals surface area contributed by atoms with Crippen molar-refractivity contribution in [3.05, 3.63) is 40.6 Å². The van der Waals surface area contributed by atoms with Crippen molar-refractivity contribution in [1.82, 2.24) is 4.98 Å². The molecular weight excluding hydrogens is 301 g/mol. The van der Waals surface area contributed by atoms with Gasteiger partial charge in [0.1, 0.15) is 5.82 Å². The second kappa shape index (κ2) is 5.76. The molecule has 0 amide bonds. The van der Waals surface area contributed by atoms with Crippen LogP contribution in [0.2, 0.25) is 0 Å². The molecule has 0 aliphatic heterocycles. The number of nitrogens with zero attached hydrogens (tertiary/aromatic N) is 1. The zero-order valence-corrected chi connectivity index (χ0v) is 12.6. The van der Waals surface area contributed by atoms with Gasteiger partial charge in [-0.2, -0.15) is 0 Å². The van der Waals surface area contributed by atoms with E-state index in [1.807, 2.05) is 12.3 Å². The standard InChI is InChI=1S/C12H14FN3O2S2/c1-8(12-6-19-7-14-12)15-9-3-4-10(13)11(5-9)16-20(2,17)18/h3-8,15-16H,1-2H3. The monoisotopic (exact) mass is 315 g/mol. The first-order valence-corrected chi connectivity index (χ1v) is 8.60. The molecule has 1 atom stereocenters. The lowest BCUT2D eigenvalue weighted by Gasteiger charge is -2.14. The minimum absolute atomic E-state index is 0.0576. The third-order valence-corrected chi connectivity index (χ3v) is 3.74. The summed E-state index contributed by atoms with van der Waals surface area (Å²) in [6, 6.07) is 4.12. The highest BCUT2D eigenvalue weighted by atomic mass is 32.2. The number of nitrogens with one attached hydrogen (secondary N) is 2. The normalized spacial score (nSPS) is 12.9. The third-order valence-electron chi connectivity index (χ3n) is 2.54. The highest BCUT2D eigenvalue weighted by Crippen LogP contribution is 2.24. The van der Waals surface area contributed by atoms with Gasteiger partial charge in [0.25, 0.3) is 0 Å². The van der Waals surface area contributed by atoms with Crippen LogP contribution in [0, 0.1) is 5.82 Å². The summed E-state index contributed by atoms with van der Waals surface area (Å²) in [5, 5.41) is 5.05. The van der Waals surface area contributed by atoms with Gasteiger partial charge in [0, 0.05) is 11.1 Å². The summed E-state index contributed by atoms with van der Waals surface area (Å²) in [5.74, 6) is -0.623. The van der Waals surface area contributed by atoms with E-state index in [0.29, 0.717) is 5.69 Å². The lowest BCUT2D eigenvalue weighted by atomic mass is 10.2. The van der Waals surface area contributed by atoms with E-state index in [-0.39, 0.29) is 11.7 Å². The van der Waals surface area contributed by atoms with E-state index >= 15 is 0 Å². The topological polar surface area (TPSA) is 71.1 Å². The molecule has 0 saturated heterocycles. The maximum atomic E-state index is 13.5.